The minimum atomic E-state index is -3.31. The van der Waals surface area contributed by atoms with Crippen molar-refractivity contribution < 1.29 is 8.42 Å². The molecular formula is C16H27Cl2IN4O2S. The summed E-state index contributed by atoms with van der Waals surface area (Å²) in [7, 11) is -3.31. The molecule has 0 heterocycles. The number of nitrogens with zero attached hydrogens (tertiary/aromatic N) is 1. The maximum absolute atomic E-state index is 11.4. The van der Waals surface area contributed by atoms with Gasteiger partial charge in [-0.2, -0.15) is 0 Å². The Labute approximate surface area is 183 Å². The van der Waals surface area contributed by atoms with Gasteiger partial charge in [0.1, 0.15) is 0 Å². The molecule has 26 heavy (non-hydrogen) atoms. The first-order chi connectivity index (χ1) is 11.4. The van der Waals surface area contributed by atoms with Gasteiger partial charge in [0.05, 0.1) is 18.8 Å². The summed E-state index contributed by atoms with van der Waals surface area (Å²) in [5, 5.41) is 7.56. The van der Waals surface area contributed by atoms with Gasteiger partial charge in [0, 0.05) is 22.1 Å². The fourth-order valence-corrected chi connectivity index (χ4v) is 3.91. The summed E-state index contributed by atoms with van der Waals surface area (Å²) in [6, 6.07) is 5.24. The minimum absolute atomic E-state index is 0. The molecular weight excluding hydrogens is 510 g/mol. The molecule has 10 heteroatoms. The van der Waals surface area contributed by atoms with Crippen LogP contribution in [-0.4, -0.2) is 39.3 Å². The van der Waals surface area contributed by atoms with Crippen LogP contribution in [0.3, 0.4) is 0 Å². The number of guanidine groups is 1. The first-order valence-corrected chi connectivity index (χ1v) is 10.6. The van der Waals surface area contributed by atoms with Crippen LogP contribution in [-0.2, 0) is 10.0 Å². The number of rotatable bonds is 7. The van der Waals surface area contributed by atoms with Gasteiger partial charge in [-0.15, -0.1) is 24.0 Å². The lowest BCUT2D eigenvalue weighted by Crippen LogP contribution is -2.47. The van der Waals surface area contributed by atoms with Crippen molar-refractivity contribution in [2.75, 3.05) is 19.3 Å². The molecule has 0 amide bonds. The van der Waals surface area contributed by atoms with Crippen molar-refractivity contribution in [3.05, 3.63) is 33.8 Å². The normalized spacial score (nSPS) is 13.7. The lowest BCUT2D eigenvalue weighted by molar-refractivity contribution is 0.464. The molecule has 0 aromatic heterocycles. The molecule has 3 N–H and O–H groups in total. The third-order valence-corrected chi connectivity index (χ3v) is 4.71. The molecule has 0 saturated heterocycles. The molecule has 6 nitrogen and oxygen atoms in total. The number of sulfonamides is 1. The number of nitrogens with one attached hydrogen (secondary N) is 3. The predicted molar refractivity (Wildman–Crippen MR) is 121 cm³/mol. The third kappa shape index (κ3) is 9.59. The maximum atomic E-state index is 11.4. The SMILES string of the molecule is CCNC(=NCC(C)(C)NS(C)(=O)=O)NC(C)c1ccc(Cl)cc1Cl.I. The van der Waals surface area contributed by atoms with Crippen molar-refractivity contribution in [2.24, 2.45) is 4.99 Å². The highest BCUT2D eigenvalue weighted by molar-refractivity contribution is 14.0. The van der Waals surface area contributed by atoms with E-state index >= 15 is 0 Å². The zero-order valence-corrected chi connectivity index (χ0v) is 20.2. The van der Waals surface area contributed by atoms with Crippen LogP contribution in [0.4, 0.5) is 0 Å². The van der Waals surface area contributed by atoms with Gasteiger partial charge in [-0.25, -0.2) is 13.1 Å². The zero-order valence-electron chi connectivity index (χ0n) is 15.6. The molecule has 0 radical (unpaired) electrons. The Hall–Kier alpha value is -0.290. The number of benzene rings is 1. The fourth-order valence-electron chi connectivity index (χ4n) is 2.27. The average molecular weight is 537 g/mol. The molecule has 0 fully saturated rings. The summed E-state index contributed by atoms with van der Waals surface area (Å²) in [6.45, 7) is 8.42. The highest BCUT2D eigenvalue weighted by Gasteiger charge is 2.22. The van der Waals surface area contributed by atoms with Crippen molar-refractivity contribution in [1.29, 1.82) is 0 Å². The van der Waals surface area contributed by atoms with E-state index in [1.807, 2.05) is 19.9 Å². The second kappa shape index (κ2) is 10.9. The Morgan fingerprint density at radius 2 is 1.92 bits per heavy atom. The van der Waals surface area contributed by atoms with Crippen LogP contribution in [0.15, 0.2) is 23.2 Å². The number of hydrogen-bond donors (Lipinski definition) is 3. The van der Waals surface area contributed by atoms with Crippen LogP contribution in [0.25, 0.3) is 0 Å². The zero-order chi connectivity index (χ0) is 19.3. The van der Waals surface area contributed by atoms with Gasteiger partial charge in [-0.05, 0) is 45.4 Å². The van der Waals surface area contributed by atoms with Gasteiger partial charge in [0.25, 0.3) is 0 Å². The Morgan fingerprint density at radius 3 is 2.42 bits per heavy atom. The van der Waals surface area contributed by atoms with Crippen molar-refractivity contribution in [3.63, 3.8) is 0 Å². The standard InChI is InChI=1S/C16H26Cl2N4O2S.HI/c1-6-19-15(20-10-16(3,4)22-25(5,23)24)21-11(2)13-8-7-12(17)9-14(13)18;/h7-9,11,22H,6,10H2,1-5H3,(H2,19,20,21);1H. The van der Waals surface area contributed by atoms with Gasteiger partial charge in [0.15, 0.2) is 5.96 Å². The van der Waals surface area contributed by atoms with E-state index in [-0.39, 0.29) is 36.6 Å². The highest BCUT2D eigenvalue weighted by Crippen LogP contribution is 2.26. The molecule has 0 aliphatic heterocycles. The van der Waals surface area contributed by atoms with Crippen LogP contribution in [0.5, 0.6) is 0 Å². The fraction of sp³-hybridized carbons (Fsp3) is 0.562. The van der Waals surface area contributed by atoms with Crippen molar-refractivity contribution in [1.82, 2.24) is 15.4 Å². The molecule has 1 aromatic carbocycles. The monoisotopic (exact) mass is 536 g/mol. The smallest absolute Gasteiger partial charge is 0.209 e. The molecule has 1 unspecified atom stereocenters. The first kappa shape index (κ1) is 25.7. The van der Waals surface area contributed by atoms with Crippen LogP contribution in [0.1, 0.15) is 39.3 Å². The quantitative estimate of drug-likeness (QED) is 0.283. The molecule has 1 atom stereocenters. The Bertz CT molecular complexity index is 727. The number of aliphatic imine (C=N–C) groups is 1. The maximum Gasteiger partial charge on any atom is 0.209 e. The van der Waals surface area contributed by atoms with Crippen molar-refractivity contribution in [3.8, 4) is 0 Å². The summed E-state index contributed by atoms with van der Waals surface area (Å²) >= 11 is 12.2. The summed E-state index contributed by atoms with van der Waals surface area (Å²) in [4.78, 5) is 4.48. The molecule has 0 spiro atoms. The second-order valence-electron chi connectivity index (χ2n) is 6.49. The summed E-state index contributed by atoms with van der Waals surface area (Å²) in [6.07, 6.45) is 1.13. The topological polar surface area (TPSA) is 82.6 Å². The van der Waals surface area contributed by atoms with E-state index < -0.39 is 15.6 Å². The Morgan fingerprint density at radius 1 is 1.31 bits per heavy atom. The highest BCUT2D eigenvalue weighted by atomic mass is 127. The van der Waals surface area contributed by atoms with E-state index in [4.69, 9.17) is 23.2 Å². The van der Waals surface area contributed by atoms with Crippen LogP contribution in [0, 0.1) is 0 Å². The largest absolute Gasteiger partial charge is 0.357 e. The molecule has 1 aromatic rings. The molecule has 0 bridgehead atoms. The van der Waals surface area contributed by atoms with E-state index in [2.05, 4.69) is 20.3 Å². The van der Waals surface area contributed by atoms with Gasteiger partial charge in [0.2, 0.25) is 10.0 Å². The van der Waals surface area contributed by atoms with Gasteiger partial charge in [-0.3, -0.25) is 4.99 Å². The van der Waals surface area contributed by atoms with E-state index in [1.165, 1.54) is 0 Å². The van der Waals surface area contributed by atoms with E-state index in [9.17, 15) is 8.42 Å². The Balaban J connectivity index is 0.00000625. The molecule has 0 aliphatic rings. The van der Waals surface area contributed by atoms with Crippen molar-refractivity contribution >= 4 is 63.2 Å². The molecule has 1 rings (SSSR count). The van der Waals surface area contributed by atoms with Gasteiger partial charge in [-0.1, -0.05) is 29.3 Å². The van der Waals surface area contributed by atoms with Crippen molar-refractivity contribution in [2.45, 2.75) is 39.3 Å². The van der Waals surface area contributed by atoms with E-state index in [1.54, 1.807) is 26.0 Å². The van der Waals surface area contributed by atoms with E-state index in [0.29, 0.717) is 22.5 Å². The predicted octanol–water partition coefficient (Wildman–Crippen LogP) is 3.56. The second-order valence-corrected chi connectivity index (χ2v) is 9.08. The third-order valence-electron chi connectivity index (χ3n) is 3.22. The molecule has 0 saturated carbocycles. The molecule has 0 aliphatic carbocycles. The minimum Gasteiger partial charge on any atom is -0.357 e. The molecule has 150 valence electrons. The van der Waals surface area contributed by atoms with Gasteiger partial charge >= 0.3 is 0 Å². The number of hydrogen-bond acceptors (Lipinski definition) is 3. The summed E-state index contributed by atoms with van der Waals surface area (Å²) < 4.78 is 25.4. The lowest BCUT2D eigenvalue weighted by Gasteiger charge is -2.24. The first-order valence-electron chi connectivity index (χ1n) is 7.92. The average Bonchev–Trinajstić information content (AvgIpc) is 2.42. The summed E-state index contributed by atoms with van der Waals surface area (Å²) in [5.41, 5.74) is 0.196. The van der Waals surface area contributed by atoms with Crippen LogP contribution in [0.2, 0.25) is 10.0 Å². The van der Waals surface area contributed by atoms with Crippen LogP contribution < -0.4 is 15.4 Å². The Kier molecular flexibility index (Phi) is 10.8. The summed E-state index contributed by atoms with van der Waals surface area (Å²) in [5.74, 6) is 0.574. The lowest BCUT2D eigenvalue weighted by atomic mass is 10.1. The number of halogens is 3. The van der Waals surface area contributed by atoms with Gasteiger partial charge < -0.3 is 10.6 Å². The van der Waals surface area contributed by atoms with Crippen LogP contribution >= 0.6 is 47.2 Å². The van der Waals surface area contributed by atoms with E-state index in [0.717, 1.165) is 11.8 Å².